The van der Waals surface area contributed by atoms with Gasteiger partial charge in [0.05, 0.1) is 24.0 Å². The third-order valence-corrected chi connectivity index (χ3v) is 6.48. The molecular formula is C16H22N2O4S. The Morgan fingerprint density at radius 3 is 2.70 bits per heavy atom. The first kappa shape index (κ1) is 16.4. The number of hydrogen-bond donors (Lipinski definition) is 1. The van der Waals surface area contributed by atoms with Gasteiger partial charge in [-0.25, -0.2) is 8.42 Å². The lowest BCUT2D eigenvalue weighted by molar-refractivity contribution is -0.126. The van der Waals surface area contributed by atoms with Crippen molar-refractivity contribution >= 4 is 15.9 Å². The van der Waals surface area contributed by atoms with Crippen molar-refractivity contribution in [2.24, 2.45) is 5.92 Å². The van der Waals surface area contributed by atoms with E-state index in [-0.39, 0.29) is 29.3 Å². The molecule has 23 heavy (non-hydrogen) atoms. The van der Waals surface area contributed by atoms with Crippen molar-refractivity contribution in [3.63, 3.8) is 0 Å². The zero-order chi connectivity index (χ0) is 16.3. The summed E-state index contributed by atoms with van der Waals surface area (Å²) in [4.78, 5) is 12.6. The molecule has 1 aromatic rings. The zero-order valence-corrected chi connectivity index (χ0v) is 13.8. The molecule has 0 radical (unpaired) electrons. The summed E-state index contributed by atoms with van der Waals surface area (Å²) in [5, 5.41) is 2.85. The van der Waals surface area contributed by atoms with Crippen molar-refractivity contribution in [2.45, 2.75) is 30.2 Å². The van der Waals surface area contributed by atoms with Crippen LogP contribution in [0.25, 0.3) is 0 Å². The third-order valence-electron chi connectivity index (χ3n) is 4.54. The Labute approximate surface area is 136 Å². The first-order chi connectivity index (χ1) is 11.1. The third kappa shape index (κ3) is 3.41. The van der Waals surface area contributed by atoms with E-state index in [1.54, 1.807) is 30.3 Å². The minimum Gasteiger partial charge on any atom is -0.378 e. The van der Waals surface area contributed by atoms with Crippen molar-refractivity contribution in [2.75, 3.05) is 26.3 Å². The van der Waals surface area contributed by atoms with E-state index in [2.05, 4.69) is 5.32 Å². The predicted molar refractivity (Wildman–Crippen MR) is 85.3 cm³/mol. The standard InChI is InChI=1S/C16H22N2O4S/c19-16-14-7-4-8-15(14)18(10-12-22-11-9-17-16)23(20,21)13-5-2-1-3-6-13/h1-3,5-6,14-15H,4,7-12H2,(H,17,19). The van der Waals surface area contributed by atoms with E-state index >= 15 is 0 Å². The second kappa shape index (κ2) is 6.98. The number of nitrogens with one attached hydrogen (secondary N) is 1. The lowest BCUT2D eigenvalue weighted by Crippen LogP contribution is -2.49. The van der Waals surface area contributed by atoms with Gasteiger partial charge in [0.15, 0.2) is 0 Å². The number of benzene rings is 1. The van der Waals surface area contributed by atoms with Crippen molar-refractivity contribution in [3.05, 3.63) is 30.3 Å². The lowest BCUT2D eigenvalue weighted by atomic mass is 10.0. The van der Waals surface area contributed by atoms with Crippen molar-refractivity contribution < 1.29 is 17.9 Å². The van der Waals surface area contributed by atoms with E-state index in [4.69, 9.17) is 4.74 Å². The summed E-state index contributed by atoms with van der Waals surface area (Å²) in [7, 11) is -3.63. The molecule has 6 nitrogen and oxygen atoms in total. The molecule has 7 heteroatoms. The van der Waals surface area contributed by atoms with Crippen LogP contribution in [0.15, 0.2) is 35.2 Å². The molecule has 1 N–H and O–H groups in total. The summed E-state index contributed by atoms with van der Waals surface area (Å²) in [6, 6.07) is 8.11. The largest absolute Gasteiger partial charge is 0.378 e. The summed E-state index contributed by atoms with van der Waals surface area (Å²) in [6.07, 6.45) is 2.31. The van der Waals surface area contributed by atoms with Crippen LogP contribution < -0.4 is 5.32 Å². The van der Waals surface area contributed by atoms with Crippen LogP contribution in [-0.2, 0) is 19.6 Å². The van der Waals surface area contributed by atoms with Gasteiger partial charge >= 0.3 is 0 Å². The first-order valence-corrected chi connectivity index (χ1v) is 9.47. The Kier molecular flexibility index (Phi) is 4.99. The van der Waals surface area contributed by atoms with Crippen molar-refractivity contribution in [1.82, 2.24) is 9.62 Å². The Bertz CT molecular complexity index is 647. The normalized spacial score (nSPS) is 27.2. The topological polar surface area (TPSA) is 75.7 Å². The van der Waals surface area contributed by atoms with Crippen LogP contribution in [0.2, 0.25) is 0 Å². The van der Waals surface area contributed by atoms with E-state index < -0.39 is 10.0 Å². The molecule has 2 unspecified atom stereocenters. The summed E-state index contributed by atoms with van der Waals surface area (Å²) in [5.41, 5.74) is 0. The van der Waals surface area contributed by atoms with Gasteiger partial charge in [-0.3, -0.25) is 4.79 Å². The molecule has 0 aromatic heterocycles. The maximum absolute atomic E-state index is 13.0. The SMILES string of the molecule is O=C1NCCOCCN(S(=O)(=O)c2ccccc2)C2CCCC12. The fraction of sp³-hybridized carbons (Fsp3) is 0.562. The molecule has 1 saturated carbocycles. The molecule has 2 atom stereocenters. The molecule has 1 aliphatic heterocycles. The first-order valence-electron chi connectivity index (χ1n) is 8.03. The second-order valence-corrected chi connectivity index (χ2v) is 7.83. The molecule has 1 heterocycles. The second-order valence-electron chi connectivity index (χ2n) is 5.94. The molecule has 1 aliphatic carbocycles. The number of carbonyl (C=O) groups excluding carboxylic acids is 1. The Hall–Kier alpha value is -1.44. The van der Waals surface area contributed by atoms with Gasteiger partial charge in [-0.05, 0) is 25.0 Å². The van der Waals surface area contributed by atoms with Gasteiger partial charge in [0, 0.05) is 19.1 Å². The van der Waals surface area contributed by atoms with Crippen LogP contribution in [0.3, 0.4) is 0 Å². The minimum atomic E-state index is -3.63. The van der Waals surface area contributed by atoms with Gasteiger partial charge in [0.25, 0.3) is 0 Å². The number of ether oxygens (including phenoxy) is 1. The van der Waals surface area contributed by atoms with Crippen molar-refractivity contribution in [1.29, 1.82) is 0 Å². The minimum absolute atomic E-state index is 0.0636. The van der Waals surface area contributed by atoms with Crippen LogP contribution in [0, 0.1) is 5.92 Å². The average molecular weight is 338 g/mol. The molecule has 3 rings (SSSR count). The summed E-state index contributed by atoms with van der Waals surface area (Å²) < 4.78 is 33.0. The summed E-state index contributed by atoms with van der Waals surface area (Å²) in [6.45, 7) is 1.51. The molecular weight excluding hydrogens is 316 g/mol. The fourth-order valence-electron chi connectivity index (χ4n) is 3.42. The number of hydrogen-bond acceptors (Lipinski definition) is 4. The molecule has 2 aliphatic rings. The Balaban J connectivity index is 1.94. The van der Waals surface area contributed by atoms with Crippen LogP contribution in [-0.4, -0.2) is 51.0 Å². The highest BCUT2D eigenvalue weighted by molar-refractivity contribution is 7.89. The summed E-state index contributed by atoms with van der Waals surface area (Å²) >= 11 is 0. The number of sulfonamides is 1. The van der Waals surface area contributed by atoms with Gasteiger partial charge < -0.3 is 10.1 Å². The van der Waals surface area contributed by atoms with E-state index in [9.17, 15) is 13.2 Å². The predicted octanol–water partition coefficient (Wildman–Crippen LogP) is 0.992. The van der Waals surface area contributed by atoms with Gasteiger partial charge in [-0.15, -0.1) is 0 Å². The van der Waals surface area contributed by atoms with Gasteiger partial charge in [0.2, 0.25) is 15.9 Å². The zero-order valence-electron chi connectivity index (χ0n) is 13.0. The Morgan fingerprint density at radius 1 is 1.13 bits per heavy atom. The number of carbonyl (C=O) groups is 1. The molecule has 2 fully saturated rings. The molecule has 0 spiro atoms. The number of nitrogens with zero attached hydrogens (tertiary/aromatic N) is 1. The van der Waals surface area contributed by atoms with E-state index in [0.29, 0.717) is 26.2 Å². The number of amides is 1. The maximum Gasteiger partial charge on any atom is 0.243 e. The van der Waals surface area contributed by atoms with Crippen molar-refractivity contribution in [3.8, 4) is 0 Å². The molecule has 1 saturated heterocycles. The molecule has 1 amide bonds. The lowest BCUT2D eigenvalue weighted by Gasteiger charge is -2.32. The fourth-order valence-corrected chi connectivity index (χ4v) is 5.11. The highest BCUT2D eigenvalue weighted by atomic mass is 32.2. The van der Waals surface area contributed by atoms with E-state index in [0.717, 1.165) is 12.8 Å². The quantitative estimate of drug-likeness (QED) is 0.873. The van der Waals surface area contributed by atoms with Gasteiger partial charge in [-0.1, -0.05) is 24.6 Å². The average Bonchev–Trinajstić information content (AvgIpc) is 3.03. The van der Waals surface area contributed by atoms with Crippen LogP contribution in [0.1, 0.15) is 19.3 Å². The van der Waals surface area contributed by atoms with E-state index in [1.807, 2.05) is 0 Å². The van der Waals surface area contributed by atoms with Crippen LogP contribution in [0.5, 0.6) is 0 Å². The number of rotatable bonds is 2. The van der Waals surface area contributed by atoms with Gasteiger partial charge in [-0.2, -0.15) is 4.31 Å². The summed E-state index contributed by atoms with van der Waals surface area (Å²) in [5.74, 6) is -0.335. The molecule has 1 aromatic carbocycles. The number of fused-ring (bicyclic) bond motifs is 1. The van der Waals surface area contributed by atoms with Crippen LogP contribution in [0.4, 0.5) is 0 Å². The van der Waals surface area contributed by atoms with Gasteiger partial charge in [0.1, 0.15) is 0 Å². The molecule has 0 bridgehead atoms. The van der Waals surface area contributed by atoms with E-state index in [1.165, 1.54) is 4.31 Å². The molecule has 126 valence electrons. The maximum atomic E-state index is 13.0. The highest BCUT2D eigenvalue weighted by Gasteiger charge is 2.42. The highest BCUT2D eigenvalue weighted by Crippen LogP contribution is 2.33. The Morgan fingerprint density at radius 2 is 1.91 bits per heavy atom. The van der Waals surface area contributed by atoms with Crippen LogP contribution >= 0.6 is 0 Å². The monoisotopic (exact) mass is 338 g/mol. The smallest absolute Gasteiger partial charge is 0.243 e.